The average Bonchev–Trinajstić information content (AvgIpc) is 3.00. The quantitative estimate of drug-likeness (QED) is 0.369. The average molecular weight is 407 g/mol. The number of aromatic nitrogens is 2. The number of fused-ring (bicyclic) bond motifs is 1. The van der Waals surface area contributed by atoms with Crippen LogP contribution in [0.5, 0.6) is 0 Å². The van der Waals surface area contributed by atoms with Gasteiger partial charge in [0, 0.05) is 6.54 Å². The topological polar surface area (TPSA) is 59.3 Å². The number of halogens is 2. The first-order chi connectivity index (χ1) is 12.6. The third-order valence-electron chi connectivity index (χ3n) is 3.61. The summed E-state index contributed by atoms with van der Waals surface area (Å²) in [5.74, 6) is 0.0169. The van der Waals surface area contributed by atoms with Gasteiger partial charge in [-0.3, -0.25) is 4.79 Å². The van der Waals surface area contributed by atoms with Crippen LogP contribution in [0, 0.1) is 0 Å². The predicted octanol–water partition coefficient (Wildman–Crippen LogP) is 4.61. The van der Waals surface area contributed by atoms with E-state index in [0.29, 0.717) is 10.0 Å². The molecule has 0 saturated carbocycles. The van der Waals surface area contributed by atoms with E-state index in [1.165, 1.54) is 18.0 Å². The molecule has 1 amide bonds. The minimum atomic E-state index is -0.207. The molecule has 0 bridgehead atoms. The van der Waals surface area contributed by atoms with Crippen molar-refractivity contribution >= 4 is 58.1 Å². The van der Waals surface area contributed by atoms with Gasteiger partial charge in [-0.05, 0) is 36.8 Å². The fourth-order valence-corrected chi connectivity index (χ4v) is 3.58. The molecule has 0 aliphatic carbocycles. The van der Waals surface area contributed by atoms with Crippen LogP contribution in [0.25, 0.3) is 11.0 Å². The Labute approximate surface area is 165 Å². The van der Waals surface area contributed by atoms with Crippen LogP contribution in [0.4, 0.5) is 0 Å². The smallest absolute Gasteiger partial charge is 0.250 e. The molecule has 5 nitrogen and oxygen atoms in total. The van der Waals surface area contributed by atoms with E-state index < -0.39 is 0 Å². The lowest BCUT2D eigenvalue weighted by Gasteiger charge is -2.05. The summed E-state index contributed by atoms with van der Waals surface area (Å²) in [7, 11) is 0. The molecule has 0 saturated heterocycles. The van der Waals surface area contributed by atoms with E-state index in [4.69, 9.17) is 23.2 Å². The monoisotopic (exact) mass is 406 g/mol. The Hall–Kier alpha value is -2.02. The Balaban J connectivity index is 1.59. The normalized spacial score (nSPS) is 11.3. The van der Waals surface area contributed by atoms with Crippen LogP contribution in [0.2, 0.25) is 10.0 Å². The SMILES string of the molecule is CCn1c(SCC(=O)NN=Cc2ccc(Cl)c(Cl)c2)nc2ccccc21. The summed E-state index contributed by atoms with van der Waals surface area (Å²) in [4.78, 5) is 16.6. The summed E-state index contributed by atoms with van der Waals surface area (Å²) in [5.41, 5.74) is 5.24. The Morgan fingerprint density at radius 2 is 2.08 bits per heavy atom. The van der Waals surface area contributed by atoms with Crippen LogP contribution in [0.3, 0.4) is 0 Å². The summed E-state index contributed by atoms with van der Waals surface area (Å²) in [6, 6.07) is 13.0. The molecule has 0 radical (unpaired) electrons. The Bertz CT molecular complexity index is 971. The molecular weight excluding hydrogens is 391 g/mol. The van der Waals surface area contributed by atoms with Crippen molar-refractivity contribution in [3.63, 3.8) is 0 Å². The molecule has 1 N–H and O–H groups in total. The second kappa shape index (κ2) is 8.58. The number of imidazole rings is 1. The number of aryl methyl sites for hydroxylation is 1. The highest BCUT2D eigenvalue weighted by molar-refractivity contribution is 7.99. The second-order valence-electron chi connectivity index (χ2n) is 5.38. The summed E-state index contributed by atoms with van der Waals surface area (Å²) in [6.45, 7) is 2.85. The number of rotatable bonds is 6. The molecule has 3 aromatic rings. The van der Waals surface area contributed by atoms with Crippen molar-refractivity contribution in [1.82, 2.24) is 15.0 Å². The fourth-order valence-electron chi connectivity index (χ4n) is 2.40. The number of para-hydroxylation sites is 2. The van der Waals surface area contributed by atoms with Gasteiger partial charge < -0.3 is 4.57 Å². The van der Waals surface area contributed by atoms with Gasteiger partial charge in [0.25, 0.3) is 5.91 Å². The molecule has 134 valence electrons. The van der Waals surface area contributed by atoms with Crippen molar-refractivity contribution in [2.75, 3.05) is 5.75 Å². The number of nitrogens with one attached hydrogen (secondary N) is 1. The van der Waals surface area contributed by atoms with Gasteiger partial charge in [0.2, 0.25) is 0 Å². The zero-order valence-corrected chi connectivity index (χ0v) is 16.3. The largest absolute Gasteiger partial charge is 0.319 e. The highest BCUT2D eigenvalue weighted by Crippen LogP contribution is 2.24. The third kappa shape index (κ3) is 4.38. The molecule has 1 aromatic heterocycles. The maximum Gasteiger partial charge on any atom is 0.250 e. The van der Waals surface area contributed by atoms with Crippen molar-refractivity contribution in [2.24, 2.45) is 5.10 Å². The van der Waals surface area contributed by atoms with Crippen molar-refractivity contribution in [2.45, 2.75) is 18.6 Å². The number of thioether (sulfide) groups is 1. The molecule has 0 aliphatic rings. The van der Waals surface area contributed by atoms with Crippen LogP contribution in [0.15, 0.2) is 52.7 Å². The molecule has 0 aliphatic heterocycles. The molecule has 0 spiro atoms. The Kier molecular flexibility index (Phi) is 6.19. The highest BCUT2D eigenvalue weighted by atomic mass is 35.5. The first-order valence-corrected chi connectivity index (χ1v) is 9.67. The molecule has 3 rings (SSSR count). The third-order valence-corrected chi connectivity index (χ3v) is 5.33. The van der Waals surface area contributed by atoms with Crippen molar-refractivity contribution in [3.8, 4) is 0 Å². The van der Waals surface area contributed by atoms with E-state index in [9.17, 15) is 4.79 Å². The number of hydrogen-bond donors (Lipinski definition) is 1. The van der Waals surface area contributed by atoms with Crippen LogP contribution in [0.1, 0.15) is 12.5 Å². The van der Waals surface area contributed by atoms with Crippen molar-refractivity contribution in [3.05, 3.63) is 58.1 Å². The fraction of sp³-hybridized carbons (Fsp3) is 0.167. The van der Waals surface area contributed by atoms with Gasteiger partial charge in [-0.15, -0.1) is 0 Å². The van der Waals surface area contributed by atoms with E-state index in [-0.39, 0.29) is 11.7 Å². The lowest BCUT2D eigenvalue weighted by atomic mass is 10.2. The van der Waals surface area contributed by atoms with Gasteiger partial charge >= 0.3 is 0 Å². The van der Waals surface area contributed by atoms with Gasteiger partial charge in [-0.2, -0.15) is 5.10 Å². The lowest BCUT2D eigenvalue weighted by Crippen LogP contribution is -2.20. The van der Waals surface area contributed by atoms with E-state index >= 15 is 0 Å². The number of carbonyl (C=O) groups is 1. The van der Waals surface area contributed by atoms with Gasteiger partial charge in [0.15, 0.2) is 5.16 Å². The molecule has 1 heterocycles. The number of nitrogens with zero attached hydrogens (tertiary/aromatic N) is 3. The van der Waals surface area contributed by atoms with Gasteiger partial charge in [-0.1, -0.05) is 53.2 Å². The predicted molar refractivity (Wildman–Crippen MR) is 108 cm³/mol. The zero-order chi connectivity index (χ0) is 18.5. The van der Waals surface area contributed by atoms with Crippen LogP contribution >= 0.6 is 35.0 Å². The molecule has 26 heavy (non-hydrogen) atoms. The zero-order valence-electron chi connectivity index (χ0n) is 13.9. The number of benzene rings is 2. The Morgan fingerprint density at radius 3 is 2.85 bits per heavy atom. The minimum Gasteiger partial charge on any atom is -0.319 e. The first kappa shape index (κ1) is 18.8. The summed E-state index contributed by atoms with van der Waals surface area (Å²) in [6.07, 6.45) is 1.52. The molecule has 0 atom stereocenters. The number of hydrogen-bond acceptors (Lipinski definition) is 4. The number of carbonyl (C=O) groups excluding carboxylic acids is 1. The Morgan fingerprint density at radius 1 is 1.27 bits per heavy atom. The van der Waals surface area contributed by atoms with E-state index in [1.807, 2.05) is 24.3 Å². The number of hydrazone groups is 1. The maximum atomic E-state index is 12.0. The van der Waals surface area contributed by atoms with E-state index in [1.54, 1.807) is 18.2 Å². The van der Waals surface area contributed by atoms with Crippen LogP contribution < -0.4 is 5.43 Å². The van der Waals surface area contributed by atoms with E-state index in [0.717, 1.165) is 28.3 Å². The highest BCUT2D eigenvalue weighted by Gasteiger charge is 2.11. The van der Waals surface area contributed by atoms with Crippen LogP contribution in [-0.2, 0) is 11.3 Å². The van der Waals surface area contributed by atoms with Crippen LogP contribution in [-0.4, -0.2) is 27.4 Å². The molecular formula is C18H16Cl2N4OS. The molecule has 0 fully saturated rings. The molecule has 8 heteroatoms. The van der Waals surface area contributed by atoms with E-state index in [2.05, 4.69) is 27.0 Å². The van der Waals surface area contributed by atoms with Gasteiger partial charge in [-0.25, -0.2) is 10.4 Å². The van der Waals surface area contributed by atoms with Crippen molar-refractivity contribution in [1.29, 1.82) is 0 Å². The van der Waals surface area contributed by atoms with Crippen molar-refractivity contribution < 1.29 is 4.79 Å². The van der Waals surface area contributed by atoms with Gasteiger partial charge in [0.05, 0.1) is 33.0 Å². The summed E-state index contributed by atoms with van der Waals surface area (Å²) < 4.78 is 2.09. The number of amides is 1. The maximum absolute atomic E-state index is 12.0. The first-order valence-electron chi connectivity index (χ1n) is 7.93. The van der Waals surface area contributed by atoms with Gasteiger partial charge in [0.1, 0.15) is 0 Å². The standard InChI is InChI=1S/C18H16Cl2N4OS/c1-2-24-16-6-4-3-5-15(16)22-18(24)26-11-17(25)23-21-10-12-7-8-13(19)14(20)9-12/h3-10H,2,11H2,1H3,(H,23,25). The molecule has 2 aromatic carbocycles. The summed E-state index contributed by atoms with van der Waals surface area (Å²) >= 11 is 13.2. The minimum absolute atomic E-state index is 0.207. The second-order valence-corrected chi connectivity index (χ2v) is 7.14. The summed E-state index contributed by atoms with van der Waals surface area (Å²) in [5, 5.41) is 5.68. The molecule has 0 unspecified atom stereocenters. The lowest BCUT2D eigenvalue weighted by molar-refractivity contribution is -0.118.